The van der Waals surface area contributed by atoms with Gasteiger partial charge in [0.05, 0.1) is 12.4 Å². The third-order valence-corrected chi connectivity index (χ3v) is 4.15. The summed E-state index contributed by atoms with van der Waals surface area (Å²) in [7, 11) is 1.86. The predicted molar refractivity (Wildman–Crippen MR) is 74.6 cm³/mol. The molecule has 1 amide bonds. The summed E-state index contributed by atoms with van der Waals surface area (Å²) >= 11 is 0. The Morgan fingerprint density at radius 1 is 1.32 bits per heavy atom. The van der Waals surface area contributed by atoms with E-state index < -0.39 is 0 Å². The highest BCUT2D eigenvalue weighted by Gasteiger charge is 2.26. The number of amides is 1. The van der Waals surface area contributed by atoms with Crippen LogP contribution in [0.1, 0.15) is 49.5 Å². The number of carbonyl (C=O) groups is 1. The van der Waals surface area contributed by atoms with E-state index in [1.807, 2.05) is 11.9 Å². The number of nitrogens with two attached hydrogens (primary N) is 1. The van der Waals surface area contributed by atoms with E-state index in [0.717, 1.165) is 18.8 Å². The fraction of sp³-hybridized carbons (Fsp3) is 0.643. The minimum absolute atomic E-state index is 0.0625. The molecule has 1 aromatic rings. The second-order valence-electron chi connectivity index (χ2n) is 5.33. The molecular weight excluding hydrogens is 240 g/mol. The van der Waals surface area contributed by atoms with Gasteiger partial charge in [0.1, 0.15) is 11.5 Å². The Labute approximate surface area is 114 Å². The molecule has 0 saturated heterocycles. The molecule has 1 heterocycles. The van der Waals surface area contributed by atoms with Gasteiger partial charge in [-0.25, -0.2) is 9.97 Å². The van der Waals surface area contributed by atoms with Gasteiger partial charge in [0.2, 0.25) is 0 Å². The lowest BCUT2D eigenvalue weighted by atomic mass is 9.84. The van der Waals surface area contributed by atoms with Crippen LogP contribution >= 0.6 is 0 Å². The van der Waals surface area contributed by atoms with E-state index in [1.54, 1.807) is 0 Å². The molecule has 1 aliphatic rings. The molecule has 0 unspecified atom stereocenters. The average Bonchev–Trinajstić information content (AvgIpc) is 2.46. The molecule has 1 fully saturated rings. The first-order chi connectivity index (χ1) is 9.11. The molecule has 0 spiro atoms. The molecule has 0 aliphatic heterocycles. The van der Waals surface area contributed by atoms with E-state index in [0.29, 0.717) is 17.6 Å². The first-order valence-electron chi connectivity index (χ1n) is 6.96. The summed E-state index contributed by atoms with van der Waals surface area (Å²) in [4.78, 5) is 22.1. The van der Waals surface area contributed by atoms with E-state index in [2.05, 4.69) is 16.9 Å². The maximum Gasteiger partial charge on any atom is 0.274 e. The average molecular weight is 262 g/mol. The Morgan fingerprint density at radius 3 is 2.53 bits per heavy atom. The Kier molecular flexibility index (Phi) is 4.35. The van der Waals surface area contributed by atoms with Crippen LogP contribution in [0, 0.1) is 5.92 Å². The highest BCUT2D eigenvalue weighted by atomic mass is 16.2. The van der Waals surface area contributed by atoms with Crippen molar-refractivity contribution in [1.29, 1.82) is 0 Å². The van der Waals surface area contributed by atoms with Crippen LogP contribution in [0.25, 0.3) is 0 Å². The topological polar surface area (TPSA) is 72.1 Å². The molecule has 0 radical (unpaired) electrons. The zero-order chi connectivity index (χ0) is 13.8. The molecule has 0 bridgehead atoms. The number of nitrogen functional groups attached to an aromatic ring is 1. The zero-order valence-electron chi connectivity index (χ0n) is 11.7. The first kappa shape index (κ1) is 13.8. The predicted octanol–water partition coefficient (Wildman–Crippen LogP) is 2.10. The monoisotopic (exact) mass is 262 g/mol. The molecule has 2 N–H and O–H groups in total. The second kappa shape index (κ2) is 5.99. The molecule has 0 atom stereocenters. The Balaban J connectivity index is 1.98. The SMILES string of the molecule is CCC1CCC(N(C)C(=O)c2cnc(N)cn2)CC1. The molecule has 2 rings (SSSR count). The maximum atomic E-state index is 12.3. The quantitative estimate of drug-likeness (QED) is 0.905. The molecule has 1 aromatic heterocycles. The molecule has 0 aromatic carbocycles. The fourth-order valence-electron chi connectivity index (χ4n) is 2.74. The van der Waals surface area contributed by atoms with Crippen LogP contribution in [0.5, 0.6) is 0 Å². The lowest BCUT2D eigenvalue weighted by Gasteiger charge is -2.34. The lowest BCUT2D eigenvalue weighted by Crippen LogP contribution is -2.39. The van der Waals surface area contributed by atoms with Crippen molar-refractivity contribution in [1.82, 2.24) is 14.9 Å². The van der Waals surface area contributed by atoms with Gasteiger partial charge in [-0.1, -0.05) is 13.3 Å². The van der Waals surface area contributed by atoms with Crippen molar-refractivity contribution in [2.75, 3.05) is 12.8 Å². The van der Waals surface area contributed by atoms with E-state index in [4.69, 9.17) is 5.73 Å². The van der Waals surface area contributed by atoms with Crippen LogP contribution in [0.3, 0.4) is 0 Å². The minimum atomic E-state index is -0.0625. The summed E-state index contributed by atoms with van der Waals surface area (Å²) in [6.07, 6.45) is 8.72. The Bertz CT molecular complexity index is 424. The zero-order valence-corrected chi connectivity index (χ0v) is 11.7. The van der Waals surface area contributed by atoms with Gasteiger partial charge in [-0.05, 0) is 31.6 Å². The van der Waals surface area contributed by atoms with Gasteiger partial charge >= 0.3 is 0 Å². The second-order valence-corrected chi connectivity index (χ2v) is 5.33. The van der Waals surface area contributed by atoms with Crippen molar-refractivity contribution in [2.24, 2.45) is 5.92 Å². The molecule has 19 heavy (non-hydrogen) atoms. The molecule has 1 saturated carbocycles. The van der Waals surface area contributed by atoms with Gasteiger partial charge in [0, 0.05) is 13.1 Å². The number of hydrogen-bond acceptors (Lipinski definition) is 4. The van der Waals surface area contributed by atoms with E-state index in [9.17, 15) is 4.79 Å². The fourth-order valence-corrected chi connectivity index (χ4v) is 2.74. The first-order valence-corrected chi connectivity index (χ1v) is 6.96. The van der Waals surface area contributed by atoms with Gasteiger partial charge in [0.15, 0.2) is 0 Å². The Hall–Kier alpha value is -1.65. The molecule has 5 heteroatoms. The van der Waals surface area contributed by atoms with Crippen molar-refractivity contribution in [3.05, 3.63) is 18.1 Å². The number of rotatable bonds is 3. The van der Waals surface area contributed by atoms with Crippen LogP contribution in [0.4, 0.5) is 5.82 Å². The summed E-state index contributed by atoms with van der Waals surface area (Å²) in [6.45, 7) is 2.24. The van der Waals surface area contributed by atoms with Crippen molar-refractivity contribution >= 4 is 11.7 Å². The lowest BCUT2D eigenvalue weighted by molar-refractivity contribution is 0.0668. The van der Waals surface area contributed by atoms with Crippen LogP contribution in [-0.4, -0.2) is 33.9 Å². The van der Waals surface area contributed by atoms with E-state index in [-0.39, 0.29) is 5.91 Å². The van der Waals surface area contributed by atoms with Gasteiger partial charge in [-0.2, -0.15) is 0 Å². The normalized spacial score (nSPS) is 23.1. The minimum Gasteiger partial charge on any atom is -0.382 e. The van der Waals surface area contributed by atoms with Crippen LogP contribution in [0.2, 0.25) is 0 Å². The summed E-state index contributed by atoms with van der Waals surface area (Å²) in [6, 6.07) is 0.328. The van der Waals surface area contributed by atoms with Gasteiger partial charge < -0.3 is 10.6 Å². The molecular formula is C14H22N4O. The van der Waals surface area contributed by atoms with Crippen LogP contribution in [-0.2, 0) is 0 Å². The summed E-state index contributed by atoms with van der Waals surface area (Å²) in [5.41, 5.74) is 5.85. The highest BCUT2D eigenvalue weighted by Crippen LogP contribution is 2.29. The maximum absolute atomic E-state index is 12.3. The molecule has 5 nitrogen and oxygen atoms in total. The van der Waals surface area contributed by atoms with E-state index in [1.165, 1.54) is 31.7 Å². The summed E-state index contributed by atoms with van der Waals surface area (Å²) in [5, 5.41) is 0. The van der Waals surface area contributed by atoms with Crippen molar-refractivity contribution in [2.45, 2.75) is 45.1 Å². The Morgan fingerprint density at radius 2 is 2.00 bits per heavy atom. The van der Waals surface area contributed by atoms with Gasteiger partial charge in [-0.15, -0.1) is 0 Å². The smallest absolute Gasteiger partial charge is 0.274 e. The van der Waals surface area contributed by atoms with Crippen molar-refractivity contribution in [3.8, 4) is 0 Å². The third kappa shape index (κ3) is 3.22. The summed E-state index contributed by atoms with van der Waals surface area (Å²) < 4.78 is 0. The number of carbonyl (C=O) groups excluding carboxylic acids is 1. The van der Waals surface area contributed by atoms with Gasteiger partial charge in [-0.3, -0.25) is 4.79 Å². The van der Waals surface area contributed by atoms with Crippen molar-refractivity contribution in [3.63, 3.8) is 0 Å². The largest absolute Gasteiger partial charge is 0.382 e. The molecule has 104 valence electrons. The number of anilines is 1. The van der Waals surface area contributed by atoms with Crippen LogP contribution in [0.15, 0.2) is 12.4 Å². The number of aromatic nitrogens is 2. The third-order valence-electron chi connectivity index (χ3n) is 4.15. The van der Waals surface area contributed by atoms with Gasteiger partial charge in [0.25, 0.3) is 5.91 Å². The number of nitrogens with zero attached hydrogens (tertiary/aromatic N) is 3. The van der Waals surface area contributed by atoms with E-state index >= 15 is 0 Å². The number of hydrogen-bond donors (Lipinski definition) is 1. The van der Waals surface area contributed by atoms with Crippen LogP contribution < -0.4 is 5.73 Å². The summed E-state index contributed by atoms with van der Waals surface area (Å²) in [5.74, 6) is 1.10. The standard InChI is InChI=1S/C14H22N4O/c1-3-10-4-6-11(7-5-10)18(2)14(19)12-8-17-13(15)9-16-12/h8-11H,3-7H2,1-2H3,(H2,15,17). The molecule has 1 aliphatic carbocycles. The highest BCUT2D eigenvalue weighted by molar-refractivity contribution is 5.92. The van der Waals surface area contributed by atoms with Crippen molar-refractivity contribution < 1.29 is 4.79 Å².